The molecule has 0 fully saturated rings. The van der Waals surface area contributed by atoms with Crippen molar-refractivity contribution in [2.45, 2.75) is 19.9 Å². The van der Waals surface area contributed by atoms with Gasteiger partial charge in [0.05, 0.1) is 20.3 Å². The van der Waals surface area contributed by atoms with Crippen LogP contribution in [-0.4, -0.2) is 48.6 Å². The third-order valence-electron chi connectivity index (χ3n) is 2.88. The summed E-state index contributed by atoms with van der Waals surface area (Å²) >= 11 is 0. The number of aliphatic hydroxyl groups is 1. The molecule has 0 unspecified atom stereocenters. The number of aliphatic hydroxyl groups excluding tert-OH is 1. The first-order chi connectivity index (χ1) is 8.58. The number of nitrogens with zero attached hydrogens (tertiary/aromatic N) is 1. The number of benzene rings is 1. The van der Waals surface area contributed by atoms with E-state index in [1.807, 2.05) is 18.7 Å². The van der Waals surface area contributed by atoms with Gasteiger partial charge in [0.25, 0.3) is 0 Å². The second-order valence-corrected chi connectivity index (χ2v) is 4.44. The van der Waals surface area contributed by atoms with Crippen molar-refractivity contribution in [1.29, 1.82) is 0 Å². The van der Waals surface area contributed by atoms with Gasteiger partial charge in [0.2, 0.25) is 0 Å². The number of carbonyl (C=O) groups is 1. The molecule has 0 aliphatic rings. The zero-order chi connectivity index (χ0) is 13.5. The minimum Gasteiger partial charge on any atom is -0.497 e. The molecule has 0 amide bonds. The Morgan fingerprint density at radius 2 is 1.94 bits per heavy atom. The monoisotopic (exact) mass is 251 g/mol. The second-order valence-electron chi connectivity index (χ2n) is 4.44. The van der Waals surface area contributed by atoms with Crippen LogP contribution in [0.2, 0.25) is 0 Å². The summed E-state index contributed by atoms with van der Waals surface area (Å²) < 4.78 is 5.05. The predicted octanol–water partition coefficient (Wildman–Crippen LogP) is 1.58. The normalized spacial score (nSPS) is 11.0. The fourth-order valence-corrected chi connectivity index (χ4v) is 1.70. The third-order valence-corrected chi connectivity index (χ3v) is 2.88. The van der Waals surface area contributed by atoms with Crippen LogP contribution in [0.25, 0.3) is 0 Å². The maximum absolute atomic E-state index is 12.1. The molecule has 0 aliphatic carbocycles. The van der Waals surface area contributed by atoms with Gasteiger partial charge in [0.1, 0.15) is 5.75 Å². The molecule has 0 atom stereocenters. The van der Waals surface area contributed by atoms with Crippen LogP contribution in [0.3, 0.4) is 0 Å². The largest absolute Gasteiger partial charge is 0.497 e. The molecule has 0 spiro atoms. The van der Waals surface area contributed by atoms with E-state index in [4.69, 9.17) is 9.84 Å². The average Bonchev–Trinajstić information content (AvgIpc) is 2.38. The highest BCUT2D eigenvalue weighted by atomic mass is 16.5. The lowest BCUT2D eigenvalue weighted by molar-refractivity contribution is 0.0881. The predicted molar refractivity (Wildman–Crippen MR) is 71.1 cm³/mol. The Kier molecular flexibility index (Phi) is 5.82. The number of Topliss-reactive ketones (excluding diaryl/α,β-unsaturated/α-hetero) is 1. The van der Waals surface area contributed by atoms with Crippen molar-refractivity contribution in [3.8, 4) is 5.75 Å². The van der Waals surface area contributed by atoms with Crippen molar-refractivity contribution >= 4 is 5.78 Å². The number of methoxy groups -OCH3 is 1. The first-order valence-corrected chi connectivity index (χ1v) is 6.10. The third kappa shape index (κ3) is 4.13. The number of hydrogen-bond donors (Lipinski definition) is 1. The van der Waals surface area contributed by atoms with Crippen molar-refractivity contribution in [2.75, 3.05) is 26.8 Å². The average molecular weight is 251 g/mol. The lowest BCUT2D eigenvalue weighted by atomic mass is 10.1. The standard InChI is InChI=1S/C14H21NO3/c1-11(2)15(8-9-16)10-14(17)12-4-6-13(18-3)7-5-12/h4-7,11,16H,8-10H2,1-3H3. The topological polar surface area (TPSA) is 49.8 Å². The van der Waals surface area contributed by atoms with Gasteiger partial charge in [0, 0.05) is 18.2 Å². The Labute approximate surface area is 108 Å². The summed E-state index contributed by atoms with van der Waals surface area (Å²) in [7, 11) is 1.60. The van der Waals surface area contributed by atoms with Gasteiger partial charge in [-0.1, -0.05) is 0 Å². The quantitative estimate of drug-likeness (QED) is 0.748. The van der Waals surface area contributed by atoms with E-state index < -0.39 is 0 Å². The van der Waals surface area contributed by atoms with E-state index in [1.54, 1.807) is 31.4 Å². The first kappa shape index (κ1) is 14.7. The zero-order valence-corrected chi connectivity index (χ0v) is 11.2. The second kappa shape index (κ2) is 7.13. The van der Waals surface area contributed by atoms with Gasteiger partial charge in [0.15, 0.2) is 5.78 Å². The van der Waals surface area contributed by atoms with E-state index in [1.165, 1.54) is 0 Å². The van der Waals surface area contributed by atoms with Crippen molar-refractivity contribution < 1.29 is 14.6 Å². The Bertz CT molecular complexity index is 373. The van der Waals surface area contributed by atoms with Crippen LogP contribution < -0.4 is 4.74 Å². The number of rotatable bonds is 7. The smallest absolute Gasteiger partial charge is 0.176 e. The highest BCUT2D eigenvalue weighted by Gasteiger charge is 2.14. The molecule has 1 aromatic rings. The van der Waals surface area contributed by atoms with Crippen molar-refractivity contribution in [2.24, 2.45) is 0 Å². The maximum Gasteiger partial charge on any atom is 0.176 e. The van der Waals surface area contributed by atoms with Crippen LogP contribution >= 0.6 is 0 Å². The van der Waals surface area contributed by atoms with Crippen molar-refractivity contribution in [3.63, 3.8) is 0 Å². The fraction of sp³-hybridized carbons (Fsp3) is 0.500. The molecule has 0 aliphatic heterocycles. The molecule has 1 aromatic carbocycles. The number of hydrogen-bond acceptors (Lipinski definition) is 4. The van der Waals surface area contributed by atoms with Crippen LogP contribution in [0.5, 0.6) is 5.75 Å². The van der Waals surface area contributed by atoms with Gasteiger partial charge in [-0.05, 0) is 38.1 Å². The molecule has 0 saturated heterocycles. The molecule has 0 radical (unpaired) electrons. The lowest BCUT2D eigenvalue weighted by Gasteiger charge is -2.24. The lowest BCUT2D eigenvalue weighted by Crippen LogP contribution is -2.37. The van der Waals surface area contributed by atoms with E-state index in [-0.39, 0.29) is 18.4 Å². The van der Waals surface area contributed by atoms with E-state index in [0.717, 1.165) is 5.75 Å². The SMILES string of the molecule is COc1ccc(C(=O)CN(CCO)C(C)C)cc1. The first-order valence-electron chi connectivity index (χ1n) is 6.10. The Morgan fingerprint density at radius 1 is 1.33 bits per heavy atom. The van der Waals surface area contributed by atoms with Gasteiger partial charge in [-0.25, -0.2) is 0 Å². The molecular formula is C14H21NO3. The minimum atomic E-state index is 0.0554. The van der Waals surface area contributed by atoms with Crippen LogP contribution in [0.15, 0.2) is 24.3 Å². The summed E-state index contributed by atoms with van der Waals surface area (Å²) in [6.07, 6.45) is 0. The van der Waals surface area contributed by atoms with Crippen LogP contribution in [0, 0.1) is 0 Å². The van der Waals surface area contributed by atoms with Crippen molar-refractivity contribution in [3.05, 3.63) is 29.8 Å². The molecular weight excluding hydrogens is 230 g/mol. The van der Waals surface area contributed by atoms with Crippen LogP contribution in [0.1, 0.15) is 24.2 Å². The summed E-state index contributed by atoms with van der Waals surface area (Å²) in [5.41, 5.74) is 0.666. The summed E-state index contributed by atoms with van der Waals surface area (Å²) in [5.74, 6) is 0.794. The molecule has 1 N–H and O–H groups in total. The summed E-state index contributed by atoms with van der Waals surface area (Å²) in [4.78, 5) is 14.0. The van der Waals surface area contributed by atoms with Gasteiger partial charge >= 0.3 is 0 Å². The Balaban J connectivity index is 2.67. The van der Waals surface area contributed by atoms with Gasteiger partial charge < -0.3 is 9.84 Å². The summed E-state index contributed by atoms with van der Waals surface area (Å²) in [5, 5.41) is 8.97. The van der Waals surface area contributed by atoms with Gasteiger partial charge in [-0.15, -0.1) is 0 Å². The van der Waals surface area contributed by atoms with E-state index in [2.05, 4.69) is 0 Å². The Morgan fingerprint density at radius 3 is 2.39 bits per heavy atom. The summed E-state index contributed by atoms with van der Waals surface area (Å²) in [6.45, 7) is 4.92. The molecule has 0 aromatic heterocycles. The molecule has 18 heavy (non-hydrogen) atoms. The molecule has 4 nitrogen and oxygen atoms in total. The Hall–Kier alpha value is -1.39. The van der Waals surface area contributed by atoms with E-state index in [9.17, 15) is 4.79 Å². The molecule has 0 heterocycles. The summed E-state index contributed by atoms with van der Waals surface area (Å²) in [6, 6.07) is 7.31. The van der Waals surface area contributed by atoms with Crippen molar-refractivity contribution in [1.82, 2.24) is 4.90 Å². The maximum atomic E-state index is 12.1. The highest BCUT2D eigenvalue weighted by molar-refractivity contribution is 5.97. The molecule has 4 heteroatoms. The minimum absolute atomic E-state index is 0.0554. The fourth-order valence-electron chi connectivity index (χ4n) is 1.70. The van der Waals surface area contributed by atoms with Crippen LogP contribution in [0.4, 0.5) is 0 Å². The molecule has 0 bridgehead atoms. The van der Waals surface area contributed by atoms with E-state index in [0.29, 0.717) is 18.7 Å². The van der Waals surface area contributed by atoms with Gasteiger partial charge in [-0.2, -0.15) is 0 Å². The molecule has 1 rings (SSSR count). The van der Waals surface area contributed by atoms with Crippen LogP contribution in [-0.2, 0) is 0 Å². The highest BCUT2D eigenvalue weighted by Crippen LogP contribution is 2.12. The zero-order valence-electron chi connectivity index (χ0n) is 11.2. The number of carbonyl (C=O) groups excluding carboxylic acids is 1. The number of ether oxygens (including phenoxy) is 1. The van der Waals surface area contributed by atoms with E-state index >= 15 is 0 Å². The molecule has 0 saturated carbocycles. The number of ketones is 1. The van der Waals surface area contributed by atoms with Gasteiger partial charge in [-0.3, -0.25) is 9.69 Å². The molecule has 100 valence electrons.